The van der Waals surface area contributed by atoms with Gasteiger partial charge in [-0.15, -0.1) is 11.3 Å². The molecule has 4 rings (SSSR count). The Morgan fingerprint density at radius 1 is 1.27 bits per heavy atom. The van der Waals surface area contributed by atoms with Crippen LogP contribution in [0.2, 0.25) is 0 Å². The van der Waals surface area contributed by atoms with Crippen LogP contribution >= 0.6 is 11.3 Å². The van der Waals surface area contributed by atoms with E-state index >= 15 is 0 Å². The third-order valence-corrected chi connectivity index (χ3v) is 5.09. The summed E-state index contributed by atoms with van der Waals surface area (Å²) < 4.78 is 3.23. The number of hydrogen-bond acceptors (Lipinski definition) is 5. The fourth-order valence-corrected chi connectivity index (χ4v) is 3.72. The quantitative estimate of drug-likeness (QED) is 0.562. The van der Waals surface area contributed by atoms with Crippen LogP contribution in [0.15, 0.2) is 45.3 Å². The van der Waals surface area contributed by atoms with Crippen molar-refractivity contribution in [3.63, 3.8) is 0 Å². The van der Waals surface area contributed by atoms with E-state index < -0.39 is 5.69 Å². The van der Waals surface area contributed by atoms with E-state index in [9.17, 15) is 14.4 Å². The van der Waals surface area contributed by atoms with Crippen molar-refractivity contribution in [2.24, 2.45) is 7.05 Å². The average molecular weight is 369 g/mol. The second kappa shape index (κ2) is 6.26. The van der Waals surface area contributed by atoms with E-state index in [0.717, 1.165) is 15.5 Å². The molecule has 0 aliphatic heterocycles. The lowest BCUT2D eigenvalue weighted by molar-refractivity contribution is 0.0948. The summed E-state index contributed by atoms with van der Waals surface area (Å²) in [4.78, 5) is 39.5. The molecule has 1 amide bonds. The molecule has 0 atom stereocenters. The molecule has 4 aromatic rings. The lowest BCUT2D eigenvalue weighted by atomic mass is 10.2. The molecule has 9 heteroatoms. The molecule has 0 spiro atoms. The Kier molecular flexibility index (Phi) is 3.92. The van der Waals surface area contributed by atoms with Gasteiger partial charge in [-0.1, -0.05) is 18.2 Å². The molecule has 0 radical (unpaired) electrons. The average Bonchev–Trinajstić information content (AvgIpc) is 3.23. The van der Waals surface area contributed by atoms with Crippen LogP contribution in [0.4, 0.5) is 0 Å². The summed E-state index contributed by atoms with van der Waals surface area (Å²) in [5, 5.41) is 9.48. The first-order valence-electron chi connectivity index (χ1n) is 7.96. The van der Waals surface area contributed by atoms with E-state index in [-0.39, 0.29) is 24.6 Å². The number of hydrogen-bond donors (Lipinski definition) is 2. The fraction of sp³-hybridized carbons (Fsp3) is 0.176. The number of nitrogens with one attached hydrogen (secondary N) is 2. The molecule has 0 saturated carbocycles. The zero-order valence-electron chi connectivity index (χ0n) is 13.9. The molecule has 0 aliphatic rings. The normalized spacial score (nSPS) is 11.3. The molecule has 0 fully saturated rings. The highest BCUT2D eigenvalue weighted by Crippen LogP contribution is 2.17. The van der Waals surface area contributed by atoms with Gasteiger partial charge in [0.25, 0.3) is 11.5 Å². The maximum atomic E-state index is 12.4. The predicted molar refractivity (Wildman–Crippen MR) is 99.8 cm³/mol. The summed E-state index contributed by atoms with van der Waals surface area (Å²) in [6.45, 7) is 0.224. The highest BCUT2D eigenvalue weighted by molar-refractivity contribution is 7.17. The van der Waals surface area contributed by atoms with Crippen molar-refractivity contribution >= 4 is 38.4 Å². The summed E-state index contributed by atoms with van der Waals surface area (Å²) in [5.41, 5.74) is 0.867. The number of aromatic amines is 1. The first-order chi connectivity index (χ1) is 12.6. The number of carbonyl (C=O) groups excluding carboxylic acids is 1. The molecular formula is C17H15N5O3S. The lowest BCUT2D eigenvalue weighted by Gasteiger charge is -2.06. The monoisotopic (exact) mass is 369 g/mol. The Morgan fingerprint density at radius 3 is 2.92 bits per heavy atom. The SMILES string of the molecule is Cn1nc(C(=O)NCCn2c(=O)[nH]c3ccsc3c2=O)c2ccccc21. The van der Waals surface area contributed by atoms with Crippen LogP contribution in [0.5, 0.6) is 0 Å². The lowest BCUT2D eigenvalue weighted by Crippen LogP contribution is -2.38. The first-order valence-corrected chi connectivity index (χ1v) is 8.84. The number of fused-ring (bicyclic) bond motifs is 2. The van der Waals surface area contributed by atoms with E-state index in [0.29, 0.717) is 15.9 Å². The molecule has 3 aromatic heterocycles. The highest BCUT2D eigenvalue weighted by atomic mass is 32.1. The van der Waals surface area contributed by atoms with Crippen LogP contribution in [-0.4, -0.2) is 31.8 Å². The number of para-hydroxylation sites is 1. The molecule has 132 valence electrons. The Morgan fingerprint density at radius 2 is 2.08 bits per heavy atom. The van der Waals surface area contributed by atoms with Gasteiger partial charge in [0.15, 0.2) is 5.69 Å². The smallest absolute Gasteiger partial charge is 0.328 e. The van der Waals surface area contributed by atoms with Crippen LogP contribution in [0, 0.1) is 0 Å². The number of H-pyrrole nitrogens is 1. The number of carbonyl (C=O) groups is 1. The van der Waals surface area contributed by atoms with Gasteiger partial charge >= 0.3 is 5.69 Å². The van der Waals surface area contributed by atoms with Gasteiger partial charge in [0.2, 0.25) is 0 Å². The Labute approximate surface area is 150 Å². The second-order valence-corrected chi connectivity index (χ2v) is 6.71. The Bertz CT molecular complexity index is 1250. The maximum absolute atomic E-state index is 12.4. The molecule has 0 unspecified atom stereocenters. The molecular weight excluding hydrogens is 354 g/mol. The summed E-state index contributed by atoms with van der Waals surface area (Å²) >= 11 is 1.27. The molecule has 1 aromatic carbocycles. The van der Waals surface area contributed by atoms with Gasteiger partial charge in [0.05, 0.1) is 11.0 Å². The van der Waals surface area contributed by atoms with E-state index in [2.05, 4.69) is 15.4 Å². The van der Waals surface area contributed by atoms with Crippen molar-refractivity contribution in [3.05, 3.63) is 62.2 Å². The fourth-order valence-electron chi connectivity index (χ4n) is 2.92. The summed E-state index contributed by atoms with van der Waals surface area (Å²) in [7, 11) is 1.77. The zero-order chi connectivity index (χ0) is 18.3. The van der Waals surface area contributed by atoms with Crippen LogP contribution in [0.1, 0.15) is 10.5 Å². The third kappa shape index (κ3) is 2.62. The third-order valence-electron chi connectivity index (χ3n) is 4.19. The van der Waals surface area contributed by atoms with E-state index in [1.165, 1.54) is 11.3 Å². The standard InChI is InChI=1S/C17H15N5O3S/c1-21-12-5-3-2-4-10(12)13(20-21)15(23)18-7-8-22-16(24)14-11(6-9-26-14)19-17(22)25/h2-6,9H,7-8H2,1H3,(H,18,23)(H,19,25). The van der Waals surface area contributed by atoms with Gasteiger partial charge in [0.1, 0.15) is 4.70 Å². The van der Waals surface area contributed by atoms with Crippen molar-refractivity contribution in [2.45, 2.75) is 6.54 Å². The summed E-state index contributed by atoms with van der Waals surface area (Å²) in [6.07, 6.45) is 0. The molecule has 2 N–H and O–H groups in total. The van der Waals surface area contributed by atoms with Crippen LogP contribution in [0.25, 0.3) is 21.1 Å². The minimum atomic E-state index is -0.488. The number of rotatable bonds is 4. The maximum Gasteiger partial charge on any atom is 0.328 e. The minimum absolute atomic E-state index is 0.0819. The van der Waals surface area contributed by atoms with Gasteiger partial charge < -0.3 is 10.3 Å². The Hall–Kier alpha value is -3.20. The second-order valence-electron chi connectivity index (χ2n) is 5.80. The van der Waals surface area contributed by atoms with E-state index in [1.807, 2.05) is 24.3 Å². The number of aryl methyl sites for hydroxylation is 1. The van der Waals surface area contributed by atoms with E-state index in [4.69, 9.17) is 0 Å². The summed E-state index contributed by atoms with van der Waals surface area (Å²) in [5.74, 6) is -0.344. The van der Waals surface area contributed by atoms with Crippen molar-refractivity contribution in [3.8, 4) is 0 Å². The highest BCUT2D eigenvalue weighted by Gasteiger charge is 2.15. The van der Waals surface area contributed by atoms with Gasteiger partial charge in [-0.25, -0.2) is 4.79 Å². The van der Waals surface area contributed by atoms with Crippen LogP contribution in [-0.2, 0) is 13.6 Å². The van der Waals surface area contributed by atoms with E-state index in [1.54, 1.807) is 23.2 Å². The largest absolute Gasteiger partial charge is 0.349 e. The van der Waals surface area contributed by atoms with Gasteiger partial charge in [-0.2, -0.15) is 5.10 Å². The molecule has 0 bridgehead atoms. The molecule has 0 saturated heterocycles. The van der Waals surface area contributed by atoms with Gasteiger partial charge in [-0.3, -0.25) is 18.8 Å². The first kappa shape index (κ1) is 16.3. The summed E-state index contributed by atoms with van der Waals surface area (Å²) in [6, 6.07) is 9.13. The van der Waals surface area contributed by atoms with Crippen molar-refractivity contribution in [2.75, 3.05) is 6.54 Å². The number of nitrogens with zero attached hydrogens (tertiary/aromatic N) is 3. The van der Waals surface area contributed by atoms with Gasteiger partial charge in [-0.05, 0) is 17.5 Å². The molecule has 3 heterocycles. The minimum Gasteiger partial charge on any atom is -0.349 e. The van der Waals surface area contributed by atoms with Crippen LogP contribution in [0.3, 0.4) is 0 Å². The molecule has 8 nitrogen and oxygen atoms in total. The van der Waals surface area contributed by atoms with Crippen LogP contribution < -0.4 is 16.6 Å². The number of aromatic nitrogens is 4. The number of thiophene rings is 1. The number of benzene rings is 1. The Balaban J connectivity index is 1.54. The van der Waals surface area contributed by atoms with Crippen molar-refractivity contribution < 1.29 is 4.79 Å². The topological polar surface area (TPSA) is 102 Å². The van der Waals surface area contributed by atoms with Crippen molar-refractivity contribution in [1.82, 2.24) is 24.6 Å². The molecule has 0 aliphatic carbocycles. The zero-order valence-corrected chi connectivity index (χ0v) is 14.7. The van der Waals surface area contributed by atoms with Crippen molar-refractivity contribution in [1.29, 1.82) is 0 Å². The number of amides is 1. The predicted octanol–water partition coefficient (Wildman–Crippen LogP) is 1.07. The molecule has 26 heavy (non-hydrogen) atoms. The van der Waals surface area contributed by atoms with Gasteiger partial charge in [0, 0.05) is 25.5 Å².